The first-order valence-electron chi connectivity index (χ1n) is 9.27. The Kier molecular flexibility index (Phi) is 8.42. The fourth-order valence-corrected chi connectivity index (χ4v) is 3.17. The van der Waals surface area contributed by atoms with Gasteiger partial charge in [0.1, 0.15) is 0 Å². The molecule has 0 radical (unpaired) electrons. The van der Waals surface area contributed by atoms with Crippen molar-refractivity contribution in [1.29, 1.82) is 0 Å². The van der Waals surface area contributed by atoms with E-state index in [4.69, 9.17) is 32.7 Å². The lowest BCUT2D eigenvalue weighted by atomic mass is 10.1. The molecule has 2 aromatic carbocycles. The lowest BCUT2D eigenvalue weighted by Crippen LogP contribution is -2.39. The molecule has 28 heavy (non-hydrogen) atoms. The van der Waals surface area contributed by atoms with Crippen molar-refractivity contribution in [3.05, 3.63) is 52.0 Å². The van der Waals surface area contributed by atoms with Gasteiger partial charge >= 0.3 is 0 Å². The van der Waals surface area contributed by atoms with E-state index in [1.165, 1.54) is 0 Å². The maximum absolute atomic E-state index is 12.5. The Balaban J connectivity index is 2.05. The van der Waals surface area contributed by atoms with Gasteiger partial charge in [-0.1, -0.05) is 29.3 Å². The molecule has 0 saturated heterocycles. The fourth-order valence-electron chi connectivity index (χ4n) is 2.72. The number of halogens is 2. The summed E-state index contributed by atoms with van der Waals surface area (Å²) in [6, 6.07) is 10.2. The van der Waals surface area contributed by atoms with Crippen LogP contribution in [0.15, 0.2) is 36.4 Å². The Morgan fingerprint density at radius 3 is 2.32 bits per heavy atom. The first kappa shape index (κ1) is 22.3. The van der Waals surface area contributed by atoms with Gasteiger partial charge in [-0.3, -0.25) is 10.1 Å². The van der Waals surface area contributed by atoms with Gasteiger partial charge in [0.25, 0.3) is 0 Å². The number of amides is 1. The van der Waals surface area contributed by atoms with Gasteiger partial charge < -0.3 is 14.8 Å². The summed E-state index contributed by atoms with van der Waals surface area (Å²) >= 11 is 12.0. The summed E-state index contributed by atoms with van der Waals surface area (Å²) in [5.74, 6) is 1.22. The lowest BCUT2D eigenvalue weighted by Gasteiger charge is -2.21. The van der Waals surface area contributed by atoms with Crippen LogP contribution in [0.4, 0.5) is 5.69 Å². The topological polar surface area (TPSA) is 59.6 Å². The first-order chi connectivity index (χ1) is 13.3. The van der Waals surface area contributed by atoms with Crippen LogP contribution in [0.2, 0.25) is 10.0 Å². The van der Waals surface area contributed by atoms with Gasteiger partial charge in [0, 0.05) is 11.1 Å². The second-order valence-corrected chi connectivity index (χ2v) is 7.14. The van der Waals surface area contributed by atoms with Crippen LogP contribution < -0.4 is 20.1 Å². The van der Waals surface area contributed by atoms with E-state index in [0.29, 0.717) is 40.4 Å². The minimum atomic E-state index is -0.441. The van der Waals surface area contributed by atoms with E-state index in [2.05, 4.69) is 10.6 Å². The fraction of sp³-hybridized carbons (Fsp3) is 0.381. The normalized spacial score (nSPS) is 12.9. The lowest BCUT2D eigenvalue weighted by molar-refractivity contribution is -0.117. The zero-order valence-corrected chi connectivity index (χ0v) is 18.0. The molecule has 0 bridgehead atoms. The van der Waals surface area contributed by atoms with Gasteiger partial charge in [-0.05, 0) is 63.6 Å². The predicted octanol–water partition coefficient (Wildman–Crippen LogP) is 5.47. The third kappa shape index (κ3) is 6.03. The molecular weight excluding hydrogens is 399 g/mol. The molecule has 0 heterocycles. The summed E-state index contributed by atoms with van der Waals surface area (Å²) < 4.78 is 11.3. The maximum atomic E-state index is 12.5. The minimum absolute atomic E-state index is 0.0728. The van der Waals surface area contributed by atoms with Gasteiger partial charge in [-0.2, -0.15) is 0 Å². The van der Waals surface area contributed by atoms with E-state index in [9.17, 15) is 4.79 Å². The Hall–Kier alpha value is -1.95. The highest BCUT2D eigenvalue weighted by Crippen LogP contribution is 2.31. The number of carbonyl (C=O) groups excluding carboxylic acids is 1. The number of hydrogen-bond donors (Lipinski definition) is 2. The third-order valence-corrected chi connectivity index (χ3v) is 4.70. The molecule has 1 amide bonds. The standard InChI is InChI=1S/C21H26Cl2N2O3/c1-5-27-19-10-7-15(11-20(19)28-6-2)13(3)24-14(4)21(26)25-18-9-8-16(22)12-17(18)23/h7-14,24H,5-6H2,1-4H3,(H,25,26)/t13-,14-/m0/s1. The van der Waals surface area contributed by atoms with Crippen molar-refractivity contribution in [2.24, 2.45) is 0 Å². The largest absolute Gasteiger partial charge is 0.490 e. The predicted molar refractivity (Wildman–Crippen MR) is 115 cm³/mol. The molecule has 152 valence electrons. The van der Waals surface area contributed by atoms with Gasteiger partial charge in [0.2, 0.25) is 5.91 Å². The van der Waals surface area contributed by atoms with Gasteiger partial charge in [0.15, 0.2) is 11.5 Å². The Morgan fingerprint density at radius 2 is 1.68 bits per heavy atom. The van der Waals surface area contributed by atoms with Crippen molar-refractivity contribution in [3.63, 3.8) is 0 Å². The van der Waals surface area contributed by atoms with E-state index in [1.807, 2.05) is 39.0 Å². The number of benzene rings is 2. The summed E-state index contributed by atoms with van der Waals surface area (Å²) in [5, 5.41) is 7.02. The van der Waals surface area contributed by atoms with E-state index in [1.54, 1.807) is 25.1 Å². The Bertz CT molecular complexity index is 814. The summed E-state index contributed by atoms with van der Waals surface area (Å²) in [6.45, 7) is 8.77. The van der Waals surface area contributed by atoms with Crippen molar-refractivity contribution in [2.75, 3.05) is 18.5 Å². The van der Waals surface area contributed by atoms with Gasteiger partial charge in [0.05, 0.1) is 30.0 Å². The second kappa shape index (κ2) is 10.6. The average molecular weight is 425 g/mol. The molecule has 2 N–H and O–H groups in total. The van der Waals surface area contributed by atoms with Gasteiger partial charge in [-0.15, -0.1) is 0 Å². The molecule has 7 heteroatoms. The van der Waals surface area contributed by atoms with Crippen molar-refractivity contribution in [2.45, 2.75) is 39.8 Å². The van der Waals surface area contributed by atoms with E-state index < -0.39 is 6.04 Å². The van der Waals surface area contributed by atoms with Gasteiger partial charge in [-0.25, -0.2) is 0 Å². The molecule has 2 rings (SSSR count). The molecule has 0 fully saturated rings. The van der Waals surface area contributed by atoms with Crippen molar-refractivity contribution in [3.8, 4) is 11.5 Å². The molecule has 2 atom stereocenters. The molecule has 0 aliphatic carbocycles. The number of nitrogens with one attached hydrogen (secondary N) is 2. The average Bonchev–Trinajstić information content (AvgIpc) is 2.65. The molecule has 5 nitrogen and oxygen atoms in total. The van der Waals surface area contributed by atoms with Crippen molar-refractivity contribution < 1.29 is 14.3 Å². The smallest absolute Gasteiger partial charge is 0.241 e. The Morgan fingerprint density at radius 1 is 1.00 bits per heavy atom. The summed E-state index contributed by atoms with van der Waals surface area (Å²) in [6.07, 6.45) is 0. The monoisotopic (exact) mass is 424 g/mol. The van der Waals surface area contributed by atoms with E-state index in [-0.39, 0.29) is 11.9 Å². The highest BCUT2D eigenvalue weighted by Gasteiger charge is 2.18. The molecule has 0 unspecified atom stereocenters. The number of hydrogen-bond acceptors (Lipinski definition) is 4. The number of ether oxygens (including phenoxy) is 2. The summed E-state index contributed by atoms with van der Waals surface area (Å²) in [7, 11) is 0. The van der Waals surface area contributed by atoms with Crippen LogP contribution in [0.3, 0.4) is 0 Å². The molecule has 0 aromatic heterocycles. The molecule has 2 aromatic rings. The van der Waals surface area contributed by atoms with E-state index >= 15 is 0 Å². The number of anilines is 1. The van der Waals surface area contributed by atoms with Crippen LogP contribution >= 0.6 is 23.2 Å². The molecule has 0 aliphatic rings. The quantitative estimate of drug-likeness (QED) is 0.560. The minimum Gasteiger partial charge on any atom is -0.490 e. The zero-order valence-electron chi connectivity index (χ0n) is 16.5. The summed E-state index contributed by atoms with van der Waals surface area (Å²) in [4.78, 5) is 12.5. The number of carbonyl (C=O) groups is 1. The summed E-state index contributed by atoms with van der Waals surface area (Å²) in [5.41, 5.74) is 1.52. The molecule has 0 aliphatic heterocycles. The van der Waals surface area contributed by atoms with E-state index in [0.717, 1.165) is 5.56 Å². The van der Waals surface area contributed by atoms with Crippen LogP contribution in [0.25, 0.3) is 0 Å². The SMILES string of the molecule is CCOc1ccc([C@H](C)N[C@@H](C)C(=O)Nc2ccc(Cl)cc2Cl)cc1OCC. The van der Waals surface area contributed by atoms with Crippen LogP contribution in [-0.2, 0) is 4.79 Å². The highest BCUT2D eigenvalue weighted by atomic mass is 35.5. The second-order valence-electron chi connectivity index (χ2n) is 6.30. The van der Waals surface area contributed by atoms with Crippen LogP contribution in [-0.4, -0.2) is 25.2 Å². The maximum Gasteiger partial charge on any atom is 0.241 e. The highest BCUT2D eigenvalue weighted by molar-refractivity contribution is 6.36. The van der Waals surface area contributed by atoms with Crippen LogP contribution in [0, 0.1) is 0 Å². The zero-order chi connectivity index (χ0) is 20.7. The first-order valence-corrected chi connectivity index (χ1v) is 10.0. The molecular formula is C21H26Cl2N2O3. The third-order valence-electron chi connectivity index (χ3n) is 4.15. The van der Waals surface area contributed by atoms with Crippen LogP contribution in [0.1, 0.15) is 39.3 Å². The number of rotatable bonds is 9. The molecule has 0 saturated carbocycles. The van der Waals surface area contributed by atoms with Crippen molar-refractivity contribution in [1.82, 2.24) is 5.32 Å². The molecule has 0 spiro atoms. The Labute approximate surface area is 176 Å². The van der Waals surface area contributed by atoms with Crippen LogP contribution in [0.5, 0.6) is 11.5 Å². The van der Waals surface area contributed by atoms with Crippen molar-refractivity contribution >= 4 is 34.8 Å².